The van der Waals surface area contributed by atoms with Gasteiger partial charge in [0.25, 0.3) is 0 Å². The molecule has 1 aliphatic heterocycles. The van der Waals surface area contributed by atoms with Crippen LogP contribution in [0.15, 0.2) is 22.5 Å². The summed E-state index contributed by atoms with van der Waals surface area (Å²) in [5.74, 6) is 1.73. The zero-order chi connectivity index (χ0) is 15.6. The fourth-order valence-corrected chi connectivity index (χ4v) is 3.50. The molecule has 0 unspecified atom stereocenters. The normalized spacial score (nSPS) is 17.6. The Morgan fingerprint density at radius 3 is 2.77 bits per heavy atom. The minimum atomic E-state index is 0.766. The zero-order valence-corrected chi connectivity index (χ0v) is 14.8. The molecular weight excluding hydrogens is 292 g/mol. The summed E-state index contributed by atoms with van der Waals surface area (Å²) in [6.07, 6.45) is 3.87. The lowest BCUT2D eigenvalue weighted by atomic mass is 9.97. The number of hydrogen-bond acceptors (Lipinski definition) is 3. The van der Waals surface area contributed by atoms with Gasteiger partial charge in [-0.05, 0) is 63.2 Å². The molecule has 0 aromatic carbocycles. The van der Waals surface area contributed by atoms with E-state index in [0.29, 0.717) is 0 Å². The molecule has 1 aliphatic rings. The van der Waals surface area contributed by atoms with Crippen LogP contribution in [0.2, 0.25) is 0 Å². The molecule has 1 fully saturated rings. The highest BCUT2D eigenvalue weighted by Crippen LogP contribution is 2.16. The van der Waals surface area contributed by atoms with Crippen molar-refractivity contribution in [3.63, 3.8) is 0 Å². The van der Waals surface area contributed by atoms with Gasteiger partial charge in [0.05, 0.1) is 6.54 Å². The molecule has 124 valence electrons. The van der Waals surface area contributed by atoms with E-state index in [4.69, 9.17) is 0 Å². The van der Waals surface area contributed by atoms with Gasteiger partial charge in [-0.1, -0.05) is 13.0 Å². The van der Waals surface area contributed by atoms with Gasteiger partial charge in [0.2, 0.25) is 0 Å². The highest BCUT2D eigenvalue weighted by molar-refractivity contribution is 7.09. The van der Waals surface area contributed by atoms with E-state index in [-0.39, 0.29) is 0 Å². The second-order valence-corrected chi connectivity index (χ2v) is 6.97. The third-order valence-corrected chi connectivity index (χ3v) is 4.98. The second-order valence-electron chi connectivity index (χ2n) is 5.94. The first kappa shape index (κ1) is 17.3. The van der Waals surface area contributed by atoms with Crippen molar-refractivity contribution in [1.82, 2.24) is 15.5 Å². The summed E-state index contributed by atoms with van der Waals surface area (Å²) in [4.78, 5) is 8.58. The van der Waals surface area contributed by atoms with E-state index in [1.807, 2.05) is 0 Å². The van der Waals surface area contributed by atoms with Crippen molar-refractivity contribution in [3.05, 3.63) is 22.4 Å². The van der Waals surface area contributed by atoms with Crippen molar-refractivity contribution in [3.8, 4) is 0 Å². The van der Waals surface area contributed by atoms with E-state index in [9.17, 15) is 0 Å². The second kappa shape index (κ2) is 9.85. The number of nitrogens with one attached hydrogen (secondary N) is 2. The van der Waals surface area contributed by atoms with Gasteiger partial charge in [0, 0.05) is 18.0 Å². The van der Waals surface area contributed by atoms with Gasteiger partial charge >= 0.3 is 0 Å². The van der Waals surface area contributed by atoms with Crippen molar-refractivity contribution in [1.29, 1.82) is 0 Å². The minimum absolute atomic E-state index is 0.766. The van der Waals surface area contributed by atoms with E-state index >= 15 is 0 Å². The zero-order valence-electron chi connectivity index (χ0n) is 14.0. The fraction of sp³-hybridized carbons (Fsp3) is 0.706. The molecule has 1 saturated heterocycles. The Hall–Kier alpha value is -1.07. The van der Waals surface area contributed by atoms with Crippen LogP contribution in [0.5, 0.6) is 0 Å². The molecule has 0 atom stereocenters. The van der Waals surface area contributed by atoms with Crippen molar-refractivity contribution < 1.29 is 0 Å². The number of nitrogens with zero attached hydrogens (tertiary/aromatic N) is 2. The third kappa shape index (κ3) is 5.97. The third-order valence-electron chi connectivity index (χ3n) is 4.12. The maximum atomic E-state index is 4.68. The number of likely N-dealkylation sites (tertiary alicyclic amines) is 1. The summed E-state index contributed by atoms with van der Waals surface area (Å²) in [7, 11) is 0. The largest absolute Gasteiger partial charge is 0.357 e. The molecule has 0 amide bonds. The number of thiophene rings is 1. The molecule has 22 heavy (non-hydrogen) atoms. The van der Waals surface area contributed by atoms with Gasteiger partial charge in [0.1, 0.15) is 0 Å². The summed E-state index contributed by atoms with van der Waals surface area (Å²) in [5, 5.41) is 8.98. The number of guanidine groups is 1. The van der Waals surface area contributed by atoms with E-state index in [2.05, 4.69) is 51.9 Å². The van der Waals surface area contributed by atoms with Crippen molar-refractivity contribution in [2.75, 3.05) is 32.7 Å². The summed E-state index contributed by atoms with van der Waals surface area (Å²) >= 11 is 1.77. The highest BCUT2D eigenvalue weighted by atomic mass is 32.1. The number of aliphatic imine (C=N–C) groups is 1. The predicted molar refractivity (Wildman–Crippen MR) is 96.6 cm³/mol. The first-order valence-electron chi connectivity index (χ1n) is 8.58. The fourth-order valence-electron chi connectivity index (χ4n) is 2.87. The van der Waals surface area contributed by atoms with Crippen molar-refractivity contribution in [2.24, 2.45) is 10.9 Å². The molecule has 2 N–H and O–H groups in total. The van der Waals surface area contributed by atoms with Crippen LogP contribution in [0, 0.1) is 5.92 Å². The van der Waals surface area contributed by atoms with Crippen molar-refractivity contribution >= 4 is 17.3 Å². The van der Waals surface area contributed by atoms with Crippen LogP contribution >= 0.6 is 11.3 Å². The Balaban J connectivity index is 1.73. The molecule has 0 radical (unpaired) electrons. The molecule has 4 nitrogen and oxygen atoms in total. The summed E-state index contributed by atoms with van der Waals surface area (Å²) in [6.45, 7) is 10.9. The SMILES string of the molecule is CCCN1CCC(CNC(=NCc2cccs2)NCC)CC1. The highest BCUT2D eigenvalue weighted by Gasteiger charge is 2.18. The van der Waals surface area contributed by atoms with E-state index in [0.717, 1.165) is 31.5 Å². The van der Waals surface area contributed by atoms with Crippen LogP contribution in [-0.4, -0.2) is 43.6 Å². The maximum absolute atomic E-state index is 4.68. The quantitative estimate of drug-likeness (QED) is 0.599. The summed E-state index contributed by atoms with van der Waals surface area (Å²) in [6, 6.07) is 4.22. The number of hydrogen-bond donors (Lipinski definition) is 2. The molecule has 2 rings (SSSR count). The smallest absolute Gasteiger partial charge is 0.191 e. The summed E-state index contributed by atoms with van der Waals surface area (Å²) < 4.78 is 0. The topological polar surface area (TPSA) is 39.7 Å². The Kier molecular flexibility index (Phi) is 7.74. The molecule has 1 aromatic rings. The minimum Gasteiger partial charge on any atom is -0.357 e. The Morgan fingerprint density at radius 2 is 2.14 bits per heavy atom. The van der Waals surface area contributed by atoms with Gasteiger partial charge in [-0.15, -0.1) is 11.3 Å². The molecule has 0 bridgehead atoms. The Morgan fingerprint density at radius 1 is 1.32 bits per heavy atom. The number of rotatable bonds is 7. The van der Waals surface area contributed by atoms with Crippen LogP contribution in [0.3, 0.4) is 0 Å². The summed E-state index contributed by atoms with van der Waals surface area (Å²) in [5.41, 5.74) is 0. The lowest BCUT2D eigenvalue weighted by Crippen LogP contribution is -2.43. The van der Waals surface area contributed by atoms with Crippen LogP contribution in [0.25, 0.3) is 0 Å². The molecule has 0 aliphatic carbocycles. The molecule has 2 heterocycles. The standard InChI is InChI=1S/C17H30N4S/c1-3-9-21-10-7-15(8-11-21)13-19-17(18-4-2)20-14-16-6-5-12-22-16/h5-6,12,15H,3-4,7-11,13-14H2,1-2H3,(H2,18,19,20). The van der Waals surface area contributed by atoms with E-state index < -0.39 is 0 Å². The van der Waals surface area contributed by atoms with Crippen LogP contribution in [0.1, 0.15) is 38.0 Å². The average Bonchev–Trinajstić information content (AvgIpc) is 3.05. The van der Waals surface area contributed by atoms with Crippen molar-refractivity contribution in [2.45, 2.75) is 39.7 Å². The molecule has 0 spiro atoms. The molecule has 1 aromatic heterocycles. The van der Waals surface area contributed by atoms with Gasteiger partial charge in [-0.3, -0.25) is 0 Å². The Bertz CT molecular complexity index is 422. The van der Waals surface area contributed by atoms with E-state index in [1.54, 1.807) is 11.3 Å². The molecular formula is C17H30N4S. The first-order chi connectivity index (χ1) is 10.8. The van der Waals surface area contributed by atoms with Gasteiger partial charge in [0.15, 0.2) is 5.96 Å². The van der Waals surface area contributed by atoms with Gasteiger partial charge in [-0.25, -0.2) is 4.99 Å². The lowest BCUT2D eigenvalue weighted by Gasteiger charge is -2.32. The van der Waals surface area contributed by atoms with Crippen LogP contribution < -0.4 is 10.6 Å². The predicted octanol–water partition coefficient (Wildman–Crippen LogP) is 2.93. The Labute approximate surface area is 139 Å². The van der Waals surface area contributed by atoms with Gasteiger partial charge < -0.3 is 15.5 Å². The molecule has 0 saturated carbocycles. The van der Waals surface area contributed by atoms with Gasteiger partial charge in [-0.2, -0.15) is 0 Å². The molecule has 5 heteroatoms. The van der Waals surface area contributed by atoms with Crippen LogP contribution in [-0.2, 0) is 6.54 Å². The lowest BCUT2D eigenvalue weighted by molar-refractivity contribution is 0.185. The average molecular weight is 323 g/mol. The van der Waals surface area contributed by atoms with Crippen LogP contribution in [0.4, 0.5) is 0 Å². The maximum Gasteiger partial charge on any atom is 0.191 e. The van der Waals surface area contributed by atoms with E-state index in [1.165, 1.54) is 43.8 Å². The first-order valence-corrected chi connectivity index (χ1v) is 9.46. The number of piperidine rings is 1. The monoisotopic (exact) mass is 322 g/mol.